The number of halogens is 1. The van der Waals surface area contributed by atoms with Crippen molar-refractivity contribution < 1.29 is 0 Å². The van der Waals surface area contributed by atoms with Gasteiger partial charge in [-0.2, -0.15) is 5.26 Å². The molecule has 4 heteroatoms. The topological polar surface area (TPSA) is 52.5 Å². The van der Waals surface area contributed by atoms with Crippen LogP contribution in [0.3, 0.4) is 0 Å². The van der Waals surface area contributed by atoms with Crippen LogP contribution in [0.1, 0.15) is 23.9 Å². The first-order valence-electron chi connectivity index (χ1n) is 4.76. The molecule has 1 heterocycles. The molecule has 1 aromatic carbocycles. The first-order chi connectivity index (χ1) is 7.30. The van der Waals surface area contributed by atoms with Crippen molar-refractivity contribution in [1.82, 2.24) is 9.97 Å². The molecule has 0 aliphatic rings. The fraction of sp³-hybridized carbons (Fsp3) is 0.273. The number of benzene rings is 1. The van der Waals surface area contributed by atoms with Crippen molar-refractivity contribution in [2.24, 2.45) is 0 Å². The Balaban J connectivity index is 2.76. The number of aryl methyl sites for hydroxylation is 1. The molecule has 0 bridgehead atoms. The Morgan fingerprint density at radius 3 is 2.93 bits per heavy atom. The third kappa shape index (κ3) is 1.57. The number of aromatic amines is 1. The lowest BCUT2D eigenvalue weighted by molar-refractivity contribution is 1.11. The number of alkyl halides is 1. The summed E-state index contributed by atoms with van der Waals surface area (Å²) >= 11 is 5.71. The Hall–Kier alpha value is -1.53. The van der Waals surface area contributed by atoms with E-state index in [1.807, 2.05) is 19.1 Å². The lowest BCUT2D eigenvalue weighted by Crippen LogP contribution is -1.89. The molecule has 0 atom stereocenters. The first-order valence-corrected chi connectivity index (χ1v) is 5.30. The van der Waals surface area contributed by atoms with Gasteiger partial charge in [-0.05, 0) is 24.1 Å². The van der Waals surface area contributed by atoms with Crippen molar-refractivity contribution in [3.05, 3.63) is 29.1 Å². The van der Waals surface area contributed by atoms with Gasteiger partial charge in [0.1, 0.15) is 5.82 Å². The molecule has 0 saturated heterocycles. The Labute approximate surface area is 92.7 Å². The van der Waals surface area contributed by atoms with E-state index in [1.165, 1.54) is 0 Å². The smallest absolute Gasteiger partial charge is 0.122 e. The zero-order valence-electron chi connectivity index (χ0n) is 8.34. The SMILES string of the molecule is CCc1c(C#N)ccc2[nH]c(CCl)nc12. The highest BCUT2D eigenvalue weighted by molar-refractivity contribution is 6.16. The van der Waals surface area contributed by atoms with Gasteiger partial charge in [-0.1, -0.05) is 6.92 Å². The molecular formula is C11H10ClN3. The van der Waals surface area contributed by atoms with Crippen molar-refractivity contribution in [2.75, 3.05) is 0 Å². The van der Waals surface area contributed by atoms with Gasteiger partial charge in [0.05, 0.1) is 28.5 Å². The molecule has 0 fully saturated rings. The van der Waals surface area contributed by atoms with E-state index in [0.717, 1.165) is 28.8 Å². The monoisotopic (exact) mass is 219 g/mol. The van der Waals surface area contributed by atoms with E-state index in [1.54, 1.807) is 0 Å². The highest BCUT2D eigenvalue weighted by Crippen LogP contribution is 2.21. The first kappa shape index (κ1) is 10.0. The van der Waals surface area contributed by atoms with Crippen molar-refractivity contribution >= 4 is 22.6 Å². The maximum absolute atomic E-state index is 8.96. The maximum atomic E-state index is 8.96. The van der Waals surface area contributed by atoms with Crippen molar-refractivity contribution in [2.45, 2.75) is 19.2 Å². The van der Waals surface area contributed by atoms with Gasteiger partial charge in [-0.3, -0.25) is 0 Å². The normalized spacial score (nSPS) is 10.5. The molecule has 15 heavy (non-hydrogen) atoms. The zero-order valence-corrected chi connectivity index (χ0v) is 9.10. The Morgan fingerprint density at radius 2 is 2.33 bits per heavy atom. The molecular weight excluding hydrogens is 210 g/mol. The van der Waals surface area contributed by atoms with Gasteiger partial charge in [0.25, 0.3) is 0 Å². The average molecular weight is 220 g/mol. The summed E-state index contributed by atoms with van der Waals surface area (Å²) in [6.07, 6.45) is 0.798. The van der Waals surface area contributed by atoms with Crippen LogP contribution in [0, 0.1) is 11.3 Å². The third-order valence-electron chi connectivity index (χ3n) is 2.41. The van der Waals surface area contributed by atoms with E-state index >= 15 is 0 Å². The second kappa shape index (κ2) is 3.92. The van der Waals surface area contributed by atoms with Crippen LogP contribution in [-0.4, -0.2) is 9.97 Å². The molecule has 1 aromatic heterocycles. The highest BCUT2D eigenvalue weighted by Gasteiger charge is 2.09. The summed E-state index contributed by atoms with van der Waals surface area (Å²) in [5, 5.41) is 8.96. The van der Waals surface area contributed by atoms with E-state index in [2.05, 4.69) is 16.0 Å². The Bertz CT molecular complexity index is 536. The summed E-state index contributed by atoms with van der Waals surface area (Å²) < 4.78 is 0. The zero-order chi connectivity index (χ0) is 10.8. The van der Waals surface area contributed by atoms with Crippen LogP contribution in [0.2, 0.25) is 0 Å². The van der Waals surface area contributed by atoms with Gasteiger partial charge in [0, 0.05) is 0 Å². The molecule has 0 spiro atoms. The number of nitrogens with zero attached hydrogens (tertiary/aromatic N) is 2. The van der Waals surface area contributed by atoms with Crippen LogP contribution in [0.4, 0.5) is 0 Å². The molecule has 0 amide bonds. The largest absolute Gasteiger partial charge is 0.341 e. The number of H-pyrrole nitrogens is 1. The molecule has 76 valence electrons. The van der Waals surface area contributed by atoms with Crippen LogP contribution in [0.5, 0.6) is 0 Å². The molecule has 1 N–H and O–H groups in total. The van der Waals surface area contributed by atoms with Gasteiger partial charge < -0.3 is 4.98 Å². The summed E-state index contributed by atoms with van der Waals surface area (Å²) in [4.78, 5) is 7.49. The number of hydrogen-bond donors (Lipinski definition) is 1. The van der Waals surface area contributed by atoms with Gasteiger partial charge in [-0.15, -0.1) is 11.6 Å². The molecule has 0 saturated carbocycles. The highest BCUT2D eigenvalue weighted by atomic mass is 35.5. The summed E-state index contributed by atoms with van der Waals surface area (Å²) in [7, 11) is 0. The van der Waals surface area contributed by atoms with Crippen LogP contribution < -0.4 is 0 Å². The summed E-state index contributed by atoms with van der Waals surface area (Å²) in [6.45, 7) is 2.02. The van der Waals surface area contributed by atoms with Gasteiger partial charge in [0.2, 0.25) is 0 Å². The van der Waals surface area contributed by atoms with E-state index in [0.29, 0.717) is 11.4 Å². The Morgan fingerprint density at radius 1 is 1.53 bits per heavy atom. The number of nitriles is 1. The van der Waals surface area contributed by atoms with Crippen molar-refractivity contribution in [3.8, 4) is 6.07 Å². The predicted molar refractivity (Wildman–Crippen MR) is 59.7 cm³/mol. The van der Waals surface area contributed by atoms with Crippen molar-refractivity contribution in [3.63, 3.8) is 0 Å². The minimum atomic E-state index is 0.361. The number of aromatic nitrogens is 2. The van der Waals surface area contributed by atoms with E-state index in [-0.39, 0.29) is 0 Å². The third-order valence-corrected chi connectivity index (χ3v) is 2.66. The number of nitrogens with one attached hydrogen (secondary N) is 1. The van der Waals surface area contributed by atoms with Crippen molar-refractivity contribution in [1.29, 1.82) is 5.26 Å². The van der Waals surface area contributed by atoms with Gasteiger partial charge in [0.15, 0.2) is 0 Å². The van der Waals surface area contributed by atoms with Crippen LogP contribution in [0.25, 0.3) is 11.0 Å². The molecule has 3 nitrogen and oxygen atoms in total. The summed E-state index contributed by atoms with van der Waals surface area (Å²) in [5.41, 5.74) is 3.49. The molecule has 0 radical (unpaired) electrons. The van der Waals surface area contributed by atoms with E-state index in [9.17, 15) is 0 Å². The van der Waals surface area contributed by atoms with E-state index < -0.39 is 0 Å². The molecule has 2 aromatic rings. The van der Waals surface area contributed by atoms with Gasteiger partial charge >= 0.3 is 0 Å². The minimum Gasteiger partial charge on any atom is -0.341 e. The number of rotatable bonds is 2. The second-order valence-corrected chi connectivity index (χ2v) is 3.54. The minimum absolute atomic E-state index is 0.361. The second-order valence-electron chi connectivity index (χ2n) is 3.27. The van der Waals surface area contributed by atoms with Crippen LogP contribution in [0.15, 0.2) is 12.1 Å². The quantitative estimate of drug-likeness (QED) is 0.790. The Kier molecular flexibility index (Phi) is 2.61. The molecule has 0 unspecified atom stereocenters. The number of hydrogen-bond acceptors (Lipinski definition) is 2. The lowest BCUT2D eigenvalue weighted by atomic mass is 10.0. The summed E-state index contributed by atoms with van der Waals surface area (Å²) in [5.74, 6) is 1.11. The fourth-order valence-corrected chi connectivity index (χ4v) is 1.84. The maximum Gasteiger partial charge on any atom is 0.122 e. The molecule has 2 rings (SSSR count). The van der Waals surface area contributed by atoms with Crippen LogP contribution >= 0.6 is 11.6 Å². The lowest BCUT2D eigenvalue weighted by Gasteiger charge is -2.00. The fourth-order valence-electron chi connectivity index (χ4n) is 1.71. The van der Waals surface area contributed by atoms with Gasteiger partial charge in [-0.25, -0.2) is 4.98 Å². The number of fused-ring (bicyclic) bond motifs is 1. The van der Waals surface area contributed by atoms with E-state index in [4.69, 9.17) is 16.9 Å². The average Bonchev–Trinajstić information content (AvgIpc) is 2.70. The predicted octanol–water partition coefficient (Wildman–Crippen LogP) is 2.74. The standard InChI is InChI=1S/C11H10ClN3/c1-2-8-7(6-13)3-4-9-11(8)15-10(5-12)14-9/h3-4H,2,5H2,1H3,(H,14,15). The van der Waals surface area contributed by atoms with Crippen LogP contribution in [-0.2, 0) is 12.3 Å². The number of imidazole rings is 1. The molecule has 0 aliphatic carbocycles. The molecule has 0 aliphatic heterocycles. The summed E-state index contributed by atoms with van der Waals surface area (Å²) in [6, 6.07) is 5.87.